The minimum absolute atomic E-state index is 0.385. The molecule has 2 aliphatic rings. The van der Waals surface area contributed by atoms with E-state index in [0.29, 0.717) is 12.1 Å². The topological polar surface area (TPSA) is 64.3 Å². The molecule has 2 saturated heterocycles. The molecule has 2 aliphatic heterocycles. The Balaban J connectivity index is 1.63. The van der Waals surface area contributed by atoms with Crippen molar-refractivity contribution in [2.45, 2.75) is 51.6 Å². The standard InChI is InChI=1S/C18H24N4O2/c1-12-17(13(2)24-21-12)18-19-8-5-15(20-18)16-4-3-9-22(16)14-6-10-23-11-7-14/h5,8,14,16H,3-4,6-7,9-11H2,1-2H3/t16-/m1/s1. The Hall–Kier alpha value is -1.79. The number of likely N-dealkylation sites (tertiary alicyclic amines) is 1. The van der Waals surface area contributed by atoms with Gasteiger partial charge in [-0.3, -0.25) is 4.90 Å². The van der Waals surface area contributed by atoms with E-state index < -0.39 is 0 Å². The lowest BCUT2D eigenvalue weighted by Crippen LogP contribution is -2.39. The quantitative estimate of drug-likeness (QED) is 0.863. The average Bonchev–Trinajstić information content (AvgIpc) is 3.23. The number of aromatic nitrogens is 3. The maximum atomic E-state index is 5.52. The molecule has 2 aromatic heterocycles. The van der Waals surface area contributed by atoms with Gasteiger partial charge in [-0.25, -0.2) is 9.97 Å². The lowest BCUT2D eigenvalue weighted by Gasteiger charge is -2.35. The van der Waals surface area contributed by atoms with Crippen molar-refractivity contribution < 1.29 is 9.26 Å². The molecule has 4 rings (SSSR count). The van der Waals surface area contributed by atoms with Gasteiger partial charge in [0.1, 0.15) is 5.76 Å². The van der Waals surface area contributed by atoms with Crippen molar-refractivity contribution in [1.29, 1.82) is 0 Å². The van der Waals surface area contributed by atoms with Crippen molar-refractivity contribution >= 4 is 0 Å². The van der Waals surface area contributed by atoms with Crippen molar-refractivity contribution in [2.75, 3.05) is 19.8 Å². The minimum Gasteiger partial charge on any atom is -0.381 e. The van der Waals surface area contributed by atoms with Crippen LogP contribution in [0.4, 0.5) is 0 Å². The van der Waals surface area contributed by atoms with Gasteiger partial charge in [0.05, 0.1) is 23.0 Å². The zero-order valence-corrected chi connectivity index (χ0v) is 14.4. The third kappa shape index (κ3) is 2.84. The number of hydrogen-bond donors (Lipinski definition) is 0. The van der Waals surface area contributed by atoms with Crippen LogP contribution in [0.15, 0.2) is 16.8 Å². The molecule has 2 aromatic rings. The molecule has 1 atom stereocenters. The molecular formula is C18H24N4O2. The summed E-state index contributed by atoms with van der Waals surface area (Å²) in [7, 11) is 0. The maximum absolute atomic E-state index is 5.52. The second kappa shape index (κ2) is 6.61. The second-order valence-electron chi connectivity index (χ2n) is 6.74. The minimum atomic E-state index is 0.385. The Bertz CT molecular complexity index is 689. The van der Waals surface area contributed by atoms with E-state index in [4.69, 9.17) is 14.2 Å². The van der Waals surface area contributed by atoms with Crippen LogP contribution in [0.3, 0.4) is 0 Å². The molecule has 0 N–H and O–H groups in total. The monoisotopic (exact) mass is 328 g/mol. The van der Waals surface area contributed by atoms with Crippen molar-refractivity contribution in [1.82, 2.24) is 20.0 Å². The normalized spacial score (nSPS) is 23.0. The van der Waals surface area contributed by atoms with E-state index in [2.05, 4.69) is 21.1 Å². The molecule has 128 valence electrons. The Morgan fingerprint density at radius 2 is 2.00 bits per heavy atom. The van der Waals surface area contributed by atoms with Crippen LogP contribution in [0, 0.1) is 13.8 Å². The molecule has 0 aromatic carbocycles. The number of ether oxygens (including phenoxy) is 1. The summed E-state index contributed by atoms with van der Waals surface area (Å²) in [6.07, 6.45) is 6.50. The van der Waals surface area contributed by atoms with Crippen LogP contribution in [-0.2, 0) is 4.74 Å². The van der Waals surface area contributed by atoms with Crippen LogP contribution in [0.2, 0.25) is 0 Å². The molecule has 0 saturated carbocycles. The fourth-order valence-electron chi connectivity index (χ4n) is 4.04. The van der Waals surface area contributed by atoms with Crippen molar-refractivity contribution in [2.24, 2.45) is 0 Å². The predicted octanol–water partition coefficient (Wildman–Crippen LogP) is 3.06. The summed E-state index contributed by atoms with van der Waals surface area (Å²) in [5.74, 6) is 1.50. The number of rotatable bonds is 3. The molecular weight excluding hydrogens is 304 g/mol. The van der Waals surface area contributed by atoms with Gasteiger partial charge in [0.2, 0.25) is 0 Å². The largest absolute Gasteiger partial charge is 0.381 e. The fraction of sp³-hybridized carbons (Fsp3) is 0.611. The maximum Gasteiger partial charge on any atom is 0.164 e. The summed E-state index contributed by atoms with van der Waals surface area (Å²) in [4.78, 5) is 12.0. The van der Waals surface area contributed by atoms with E-state index in [0.717, 1.165) is 67.6 Å². The van der Waals surface area contributed by atoms with Crippen LogP contribution in [0.5, 0.6) is 0 Å². The third-order valence-corrected chi connectivity index (χ3v) is 5.23. The first-order chi connectivity index (χ1) is 11.7. The average molecular weight is 328 g/mol. The first-order valence-corrected chi connectivity index (χ1v) is 8.83. The van der Waals surface area contributed by atoms with Gasteiger partial charge in [0, 0.05) is 25.5 Å². The highest BCUT2D eigenvalue weighted by Crippen LogP contribution is 2.36. The number of nitrogens with zero attached hydrogens (tertiary/aromatic N) is 4. The summed E-state index contributed by atoms with van der Waals surface area (Å²) in [6.45, 7) is 6.75. The third-order valence-electron chi connectivity index (χ3n) is 5.23. The van der Waals surface area contributed by atoms with E-state index in [1.165, 1.54) is 6.42 Å². The summed E-state index contributed by atoms with van der Waals surface area (Å²) in [5, 5.41) is 4.03. The second-order valence-corrected chi connectivity index (χ2v) is 6.74. The van der Waals surface area contributed by atoms with Gasteiger partial charge >= 0.3 is 0 Å². The summed E-state index contributed by atoms with van der Waals surface area (Å²) in [6, 6.07) is 3.06. The van der Waals surface area contributed by atoms with E-state index >= 15 is 0 Å². The van der Waals surface area contributed by atoms with Crippen molar-refractivity contribution in [3.63, 3.8) is 0 Å². The van der Waals surface area contributed by atoms with Gasteiger partial charge < -0.3 is 9.26 Å². The van der Waals surface area contributed by atoms with Crippen LogP contribution < -0.4 is 0 Å². The smallest absolute Gasteiger partial charge is 0.164 e. The SMILES string of the molecule is Cc1noc(C)c1-c1nccc([C@H]2CCCN2C2CCOCC2)n1. The summed E-state index contributed by atoms with van der Waals surface area (Å²) < 4.78 is 10.8. The van der Waals surface area contributed by atoms with Crippen molar-refractivity contribution in [3.8, 4) is 11.4 Å². The molecule has 24 heavy (non-hydrogen) atoms. The highest BCUT2D eigenvalue weighted by Gasteiger charge is 2.33. The molecule has 2 fully saturated rings. The highest BCUT2D eigenvalue weighted by atomic mass is 16.5. The van der Waals surface area contributed by atoms with Crippen LogP contribution in [0.25, 0.3) is 11.4 Å². The highest BCUT2D eigenvalue weighted by molar-refractivity contribution is 5.59. The Morgan fingerprint density at radius 3 is 2.75 bits per heavy atom. The molecule has 0 bridgehead atoms. The first-order valence-electron chi connectivity index (χ1n) is 8.83. The van der Waals surface area contributed by atoms with E-state index in [9.17, 15) is 0 Å². The Morgan fingerprint density at radius 1 is 1.17 bits per heavy atom. The predicted molar refractivity (Wildman–Crippen MR) is 89.5 cm³/mol. The lowest BCUT2D eigenvalue weighted by molar-refractivity contribution is 0.0285. The zero-order chi connectivity index (χ0) is 16.5. The van der Waals surface area contributed by atoms with Gasteiger partial charge in [-0.2, -0.15) is 0 Å². The molecule has 6 heteroatoms. The van der Waals surface area contributed by atoms with Crippen LogP contribution in [-0.4, -0.2) is 45.8 Å². The van der Waals surface area contributed by atoms with Gasteiger partial charge in [-0.05, 0) is 52.1 Å². The molecule has 0 unspecified atom stereocenters. The lowest BCUT2D eigenvalue weighted by atomic mass is 10.0. The fourth-order valence-corrected chi connectivity index (χ4v) is 4.04. The first kappa shape index (κ1) is 15.7. The number of hydrogen-bond acceptors (Lipinski definition) is 6. The number of aryl methyl sites for hydroxylation is 2. The zero-order valence-electron chi connectivity index (χ0n) is 14.4. The van der Waals surface area contributed by atoms with Gasteiger partial charge in [0.25, 0.3) is 0 Å². The summed E-state index contributed by atoms with van der Waals surface area (Å²) >= 11 is 0. The van der Waals surface area contributed by atoms with Crippen LogP contribution in [0.1, 0.15) is 48.9 Å². The molecule has 0 spiro atoms. The van der Waals surface area contributed by atoms with E-state index in [-0.39, 0.29) is 0 Å². The Labute approximate surface area is 142 Å². The van der Waals surface area contributed by atoms with Gasteiger partial charge in [-0.1, -0.05) is 5.16 Å². The van der Waals surface area contributed by atoms with Gasteiger partial charge in [-0.15, -0.1) is 0 Å². The van der Waals surface area contributed by atoms with Gasteiger partial charge in [0.15, 0.2) is 5.82 Å². The van der Waals surface area contributed by atoms with E-state index in [1.54, 1.807) is 0 Å². The molecule has 6 nitrogen and oxygen atoms in total. The Kier molecular flexibility index (Phi) is 4.33. The molecule has 4 heterocycles. The van der Waals surface area contributed by atoms with Crippen LogP contribution >= 0.6 is 0 Å². The molecule has 0 aliphatic carbocycles. The van der Waals surface area contributed by atoms with Crippen molar-refractivity contribution in [3.05, 3.63) is 29.4 Å². The molecule has 0 radical (unpaired) electrons. The molecule has 0 amide bonds. The summed E-state index contributed by atoms with van der Waals surface area (Å²) in [5.41, 5.74) is 2.88. The van der Waals surface area contributed by atoms with E-state index in [1.807, 2.05) is 20.0 Å².